The van der Waals surface area contributed by atoms with E-state index >= 15 is 0 Å². The molecule has 1 aliphatic rings. The maximum Gasteiger partial charge on any atom is 0.416 e. The molecule has 1 unspecified atom stereocenters. The van der Waals surface area contributed by atoms with Gasteiger partial charge in [0.15, 0.2) is 0 Å². The van der Waals surface area contributed by atoms with Crippen LogP contribution in [-0.4, -0.2) is 18.8 Å². The molecule has 1 atom stereocenters. The van der Waals surface area contributed by atoms with E-state index in [9.17, 15) is 13.2 Å². The first-order valence-electron chi connectivity index (χ1n) is 6.61. The van der Waals surface area contributed by atoms with E-state index < -0.39 is 11.7 Å². The summed E-state index contributed by atoms with van der Waals surface area (Å²) in [5.41, 5.74) is -0.574. The Hall–Kier alpha value is -1.07. The molecule has 110 valence electrons. The number of rotatable bonds is 2. The van der Waals surface area contributed by atoms with Gasteiger partial charge in [0, 0.05) is 12.3 Å². The zero-order valence-electron chi connectivity index (χ0n) is 10.9. The quantitative estimate of drug-likeness (QED) is 0.794. The highest BCUT2D eigenvalue weighted by Gasteiger charge is 2.30. The SMILES string of the molecule is FC(F)(F)c1ccc(Cl)c(N=CC2CCCCCN2)c1. The molecule has 1 aromatic carbocycles. The second kappa shape index (κ2) is 6.59. The summed E-state index contributed by atoms with van der Waals surface area (Å²) in [6.07, 6.45) is 1.61. The van der Waals surface area contributed by atoms with Gasteiger partial charge in [0.1, 0.15) is 0 Å². The number of halogens is 4. The average Bonchev–Trinajstić information content (AvgIpc) is 2.65. The van der Waals surface area contributed by atoms with Crippen molar-refractivity contribution in [2.75, 3.05) is 6.54 Å². The Morgan fingerprint density at radius 3 is 2.80 bits per heavy atom. The predicted molar refractivity (Wildman–Crippen MR) is 74.9 cm³/mol. The van der Waals surface area contributed by atoms with Crippen molar-refractivity contribution in [1.82, 2.24) is 5.32 Å². The van der Waals surface area contributed by atoms with E-state index in [2.05, 4.69) is 10.3 Å². The van der Waals surface area contributed by atoms with E-state index in [1.807, 2.05) is 0 Å². The first kappa shape index (κ1) is 15.3. The fourth-order valence-corrected chi connectivity index (χ4v) is 2.31. The molecule has 1 N–H and O–H groups in total. The Labute approximate surface area is 121 Å². The molecule has 0 amide bonds. The number of hydrogen-bond donors (Lipinski definition) is 1. The van der Waals surface area contributed by atoms with Crippen LogP contribution < -0.4 is 5.32 Å². The molecule has 1 saturated heterocycles. The van der Waals surface area contributed by atoms with Crippen LogP contribution in [0, 0.1) is 0 Å². The van der Waals surface area contributed by atoms with Crippen molar-refractivity contribution in [2.24, 2.45) is 4.99 Å². The standard InChI is InChI=1S/C14H16ClF3N2/c15-12-6-5-10(14(16,17)18)8-13(12)20-9-11-4-2-1-3-7-19-11/h5-6,8-9,11,19H,1-4,7H2. The highest BCUT2D eigenvalue weighted by atomic mass is 35.5. The molecule has 0 bridgehead atoms. The lowest BCUT2D eigenvalue weighted by Crippen LogP contribution is -2.29. The monoisotopic (exact) mass is 304 g/mol. The molecular formula is C14H16ClF3N2. The van der Waals surface area contributed by atoms with Gasteiger partial charge >= 0.3 is 6.18 Å². The molecule has 6 heteroatoms. The number of aliphatic imine (C=N–C) groups is 1. The van der Waals surface area contributed by atoms with Crippen LogP contribution in [0.5, 0.6) is 0 Å². The molecule has 1 fully saturated rings. The normalized spacial score (nSPS) is 21.1. The van der Waals surface area contributed by atoms with E-state index in [4.69, 9.17) is 11.6 Å². The van der Waals surface area contributed by atoms with Crippen LogP contribution in [-0.2, 0) is 6.18 Å². The summed E-state index contributed by atoms with van der Waals surface area (Å²) in [5.74, 6) is 0. The smallest absolute Gasteiger partial charge is 0.309 e. The summed E-state index contributed by atoms with van der Waals surface area (Å²) in [6.45, 7) is 0.910. The van der Waals surface area contributed by atoms with Gasteiger partial charge in [-0.15, -0.1) is 0 Å². The molecule has 0 saturated carbocycles. The van der Waals surface area contributed by atoms with Crippen LogP contribution in [0.3, 0.4) is 0 Å². The Morgan fingerprint density at radius 2 is 2.05 bits per heavy atom. The van der Waals surface area contributed by atoms with Crippen molar-refractivity contribution in [3.8, 4) is 0 Å². The first-order valence-corrected chi connectivity index (χ1v) is 6.99. The molecule has 20 heavy (non-hydrogen) atoms. The minimum Gasteiger partial charge on any atom is -0.309 e. The molecule has 1 aliphatic heterocycles. The molecule has 1 heterocycles. The molecule has 0 aliphatic carbocycles. The fraction of sp³-hybridized carbons (Fsp3) is 0.500. The lowest BCUT2D eigenvalue weighted by molar-refractivity contribution is -0.137. The van der Waals surface area contributed by atoms with Crippen molar-refractivity contribution < 1.29 is 13.2 Å². The number of alkyl halides is 3. The van der Waals surface area contributed by atoms with Crippen molar-refractivity contribution >= 4 is 23.5 Å². The molecule has 2 rings (SSSR count). The van der Waals surface area contributed by atoms with Gasteiger partial charge in [-0.2, -0.15) is 13.2 Å². The summed E-state index contributed by atoms with van der Waals surface area (Å²) in [5, 5.41) is 3.53. The van der Waals surface area contributed by atoms with Gasteiger partial charge in [-0.1, -0.05) is 24.4 Å². The van der Waals surface area contributed by atoms with Crippen LogP contribution in [0.2, 0.25) is 5.02 Å². The predicted octanol–water partition coefficient (Wildman–Crippen LogP) is 4.59. The second-order valence-electron chi connectivity index (χ2n) is 4.85. The number of nitrogens with one attached hydrogen (secondary N) is 1. The van der Waals surface area contributed by atoms with E-state index in [0.717, 1.165) is 37.9 Å². The van der Waals surface area contributed by atoms with Gasteiger partial charge in [-0.3, -0.25) is 4.99 Å². The van der Waals surface area contributed by atoms with Crippen LogP contribution in [0.25, 0.3) is 0 Å². The first-order chi connectivity index (χ1) is 9.47. The Balaban J connectivity index is 2.15. The number of hydrogen-bond acceptors (Lipinski definition) is 2. The summed E-state index contributed by atoms with van der Waals surface area (Å²) in [6, 6.07) is 3.28. The topological polar surface area (TPSA) is 24.4 Å². The highest BCUT2D eigenvalue weighted by Crippen LogP contribution is 2.34. The van der Waals surface area contributed by atoms with Crippen LogP contribution in [0.4, 0.5) is 18.9 Å². The van der Waals surface area contributed by atoms with E-state index in [0.29, 0.717) is 0 Å². The third-order valence-electron chi connectivity index (χ3n) is 3.27. The van der Waals surface area contributed by atoms with Crippen molar-refractivity contribution in [2.45, 2.75) is 37.9 Å². The number of benzene rings is 1. The minimum absolute atomic E-state index is 0.100. The Morgan fingerprint density at radius 1 is 1.25 bits per heavy atom. The highest BCUT2D eigenvalue weighted by molar-refractivity contribution is 6.33. The third-order valence-corrected chi connectivity index (χ3v) is 3.59. The van der Waals surface area contributed by atoms with E-state index in [1.165, 1.54) is 12.5 Å². The van der Waals surface area contributed by atoms with Crippen LogP contribution in [0.15, 0.2) is 23.2 Å². The summed E-state index contributed by atoms with van der Waals surface area (Å²) in [4.78, 5) is 4.13. The van der Waals surface area contributed by atoms with Crippen LogP contribution in [0.1, 0.15) is 31.2 Å². The zero-order chi connectivity index (χ0) is 14.6. The largest absolute Gasteiger partial charge is 0.416 e. The van der Waals surface area contributed by atoms with Gasteiger partial charge < -0.3 is 5.32 Å². The van der Waals surface area contributed by atoms with Gasteiger partial charge in [-0.25, -0.2) is 0 Å². The zero-order valence-corrected chi connectivity index (χ0v) is 11.6. The summed E-state index contributed by atoms with van der Waals surface area (Å²) >= 11 is 5.89. The minimum atomic E-state index is -4.38. The summed E-state index contributed by atoms with van der Waals surface area (Å²) in [7, 11) is 0. The Bertz CT molecular complexity index is 478. The number of nitrogens with zero attached hydrogens (tertiary/aromatic N) is 1. The van der Waals surface area contributed by atoms with E-state index in [1.54, 1.807) is 6.21 Å². The van der Waals surface area contributed by atoms with Gasteiger partial charge in [0.2, 0.25) is 0 Å². The molecular weight excluding hydrogens is 289 g/mol. The molecule has 0 spiro atoms. The van der Waals surface area contributed by atoms with Crippen molar-refractivity contribution in [3.63, 3.8) is 0 Å². The summed E-state index contributed by atoms with van der Waals surface area (Å²) < 4.78 is 37.9. The lowest BCUT2D eigenvalue weighted by Gasteiger charge is -2.11. The molecule has 0 aromatic heterocycles. The van der Waals surface area contributed by atoms with Gasteiger partial charge in [-0.05, 0) is 37.6 Å². The van der Waals surface area contributed by atoms with Crippen molar-refractivity contribution in [1.29, 1.82) is 0 Å². The second-order valence-corrected chi connectivity index (χ2v) is 5.26. The Kier molecular flexibility index (Phi) is 5.05. The maximum atomic E-state index is 12.6. The molecule has 1 aromatic rings. The molecule has 2 nitrogen and oxygen atoms in total. The van der Waals surface area contributed by atoms with Crippen molar-refractivity contribution in [3.05, 3.63) is 28.8 Å². The van der Waals surface area contributed by atoms with Crippen LogP contribution >= 0.6 is 11.6 Å². The fourth-order valence-electron chi connectivity index (χ4n) is 2.14. The van der Waals surface area contributed by atoms with E-state index in [-0.39, 0.29) is 16.8 Å². The van der Waals surface area contributed by atoms with Gasteiger partial charge in [0.05, 0.1) is 16.3 Å². The molecule has 0 radical (unpaired) electrons. The maximum absolute atomic E-state index is 12.6. The third kappa shape index (κ3) is 4.21. The average molecular weight is 305 g/mol. The lowest BCUT2D eigenvalue weighted by atomic mass is 10.1. The van der Waals surface area contributed by atoms with Gasteiger partial charge in [0.25, 0.3) is 0 Å².